The van der Waals surface area contributed by atoms with E-state index >= 15 is 0 Å². The van der Waals surface area contributed by atoms with Gasteiger partial charge in [0, 0.05) is 25.5 Å². The van der Waals surface area contributed by atoms with Crippen molar-refractivity contribution in [3.05, 3.63) is 36.3 Å². The highest BCUT2D eigenvalue weighted by molar-refractivity contribution is 7.91. The predicted octanol–water partition coefficient (Wildman–Crippen LogP) is 2.26. The van der Waals surface area contributed by atoms with E-state index in [1.807, 2.05) is 28.8 Å². The molecule has 34 heavy (non-hydrogen) atoms. The molecule has 0 aromatic carbocycles. The van der Waals surface area contributed by atoms with Gasteiger partial charge < -0.3 is 19.5 Å². The molecule has 16 heteroatoms. The van der Waals surface area contributed by atoms with Crippen LogP contribution >= 0.6 is 0 Å². The molecule has 0 unspecified atom stereocenters. The summed E-state index contributed by atoms with van der Waals surface area (Å²) < 4.78 is 88.2. The number of imidazole rings is 1. The predicted molar refractivity (Wildman–Crippen MR) is 106 cm³/mol. The molecule has 1 fully saturated rings. The molecule has 9 nitrogen and oxygen atoms in total. The van der Waals surface area contributed by atoms with Crippen LogP contribution in [0.25, 0.3) is 5.65 Å². The second-order valence-corrected chi connectivity index (χ2v) is 9.20. The second kappa shape index (κ2) is 12.0. The molecule has 2 aromatic rings. The van der Waals surface area contributed by atoms with Crippen molar-refractivity contribution >= 4 is 27.4 Å². The first-order chi connectivity index (χ1) is 15.5. The van der Waals surface area contributed by atoms with E-state index in [1.54, 1.807) is 0 Å². The maximum absolute atomic E-state index is 11.4. The largest absolute Gasteiger partial charge is 0.490 e. The molecule has 0 saturated carbocycles. The Morgan fingerprint density at radius 2 is 1.47 bits per heavy atom. The third-order valence-electron chi connectivity index (χ3n) is 4.24. The lowest BCUT2D eigenvalue weighted by molar-refractivity contribution is -0.193. The number of fused-ring (bicyclic) bond motifs is 1. The third kappa shape index (κ3) is 10.8. The van der Waals surface area contributed by atoms with E-state index in [0.717, 1.165) is 30.7 Å². The number of halogens is 6. The number of pyridine rings is 1. The maximum atomic E-state index is 11.4. The number of carbonyl (C=O) groups is 2. The van der Waals surface area contributed by atoms with Gasteiger partial charge in [-0.1, -0.05) is 6.07 Å². The van der Waals surface area contributed by atoms with Gasteiger partial charge in [-0.15, -0.1) is 0 Å². The average molecular weight is 521 g/mol. The molecular weight excluding hydrogens is 500 g/mol. The molecule has 0 amide bonds. The highest BCUT2D eigenvalue weighted by Gasteiger charge is 2.38. The number of aliphatic carboxylic acids is 2. The summed E-state index contributed by atoms with van der Waals surface area (Å²) in [5, 5.41) is 14.2. The van der Waals surface area contributed by atoms with Gasteiger partial charge in [0.05, 0.1) is 17.2 Å². The average Bonchev–Trinajstić information content (AvgIpc) is 3.11. The van der Waals surface area contributed by atoms with E-state index in [1.165, 1.54) is 0 Å². The van der Waals surface area contributed by atoms with Crippen LogP contribution < -0.4 is 0 Å². The van der Waals surface area contributed by atoms with Gasteiger partial charge in [-0.05, 0) is 31.5 Å². The molecule has 0 spiro atoms. The standard InChI is InChI=1S/C14H19N3O2S.2C2HF3O2/c18-20(19)10-8-16(9-11-20)6-3-4-13-12-17-7-2-1-5-14(17)15-13;2*3-2(4,5)1(6)7/h1-2,5,7,12H,3-4,6,8-11H2;2*(H,6,7). The molecule has 0 bridgehead atoms. The lowest BCUT2D eigenvalue weighted by Gasteiger charge is -2.26. The lowest BCUT2D eigenvalue weighted by Crippen LogP contribution is -2.40. The SMILES string of the molecule is O=C(O)C(F)(F)F.O=C(O)C(F)(F)F.O=S1(=O)CCN(CCCc2cn3ccccc3n2)CC1. The number of carboxylic acids is 2. The van der Waals surface area contributed by atoms with Crippen LogP contribution in [0.5, 0.6) is 0 Å². The van der Waals surface area contributed by atoms with Gasteiger partial charge in [0.2, 0.25) is 0 Å². The van der Waals surface area contributed by atoms with Gasteiger partial charge in [0.25, 0.3) is 0 Å². The van der Waals surface area contributed by atoms with Gasteiger partial charge in [-0.2, -0.15) is 26.3 Å². The summed E-state index contributed by atoms with van der Waals surface area (Å²) >= 11 is 0. The molecular formula is C18H21F6N3O6S. The lowest BCUT2D eigenvalue weighted by atomic mass is 10.2. The fraction of sp³-hybridized carbons (Fsp3) is 0.500. The zero-order valence-electron chi connectivity index (χ0n) is 17.4. The van der Waals surface area contributed by atoms with Gasteiger partial charge >= 0.3 is 24.3 Å². The number of sulfone groups is 1. The topological polar surface area (TPSA) is 129 Å². The second-order valence-electron chi connectivity index (χ2n) is 6.90. The molecule has 1 saturated heterocycles. The zero-order chi connectivity index (χ0) is 26.2. The Bertz CT molecular complexity index is 997. The van der Waals surface area contributed by atoms with Crippen LogP contribution in [0.15, 0.2) is 30.6 Å². The van der Waals surface area contributed by atoms with Crippen molar-refractivity contribution < 1.29 is 54.6 Å². The fourth-order valence-corrected chi connectivity index (χ4v) is 3.84. The number of hydrogen-bond donors (Lipinski definition) is 2. The molecule has 0 atom stereocenters. The van der Waals surface area contributed by atoms with Crippen molar-refractivity contribution in [3.8, 4) is 0 Å². The molecule has 1 aliphatic heterocycles. The minimum atomic E-state index is -5.08. The highest BCUT2D eigenvalue weighted by atomic mass is 32.2. The molecule has 0 radical (unpaired) electrons. The van der Waals surface area contributed by atoms with E-state index in [-0.39, 0.29) is 0 Å². The quantitative estimate of drug-likeness (QED) is 0.587. The third-order valence-corrected chi connectivity index (χ3v) is 5.85. The van der Waals surface area contributed by atoms with Crippen molar-refractivity contribution in [2.75, 3.05) is 31.1 Å². The monoisotopic (exact) mass is 521 g/mol. The Balaban J connectivity index is 0.000000343. The molecule has 2 N–H and O–H groups in total. The van der Waals surface area contributed by atoms with Gasteiger partial charge in [-0.25, -0.2) is 23.0 Å². The van der Waals surface area contributed by atoms with E-state index < -0.39 is 34.1 Å². The van der Waals surface area contributed by atoms with Crippen LogP contribution in [0, 0.1) is 0 Å². The van der Waals surface area contributed by atoms with Crippen molar-refractivity contribution in [1.29, 1.82) is 0 Å². The summed E-state index contributed by atoms with van der Waals surface area (Å²) in [7, 11) is -2.77. The fourth-order valence-electron chi connectivity index (χ4n) is 2.57. The smallest absolute Gasteiger partial charge is 0.475 e. The van der Waals surface area contributed by atoms with Crippen LogP contribution in [-0.4, -0.2) is 88.3 Å². The minimum Gasteiger partial charge on any atom is -0.475 e. The maximum Gasteiger partial charge on any atom is 0.490 e. The summed E-state index contributed by atoms with van der Waals surface area (Å²) in [6.45, 7) is 2.30. The zero-order valence-corrected chi connectivity index (χ0v) is 18.2. The van der Waals surface area contributed by atoms with Crippen molar-refractivity contribution in [1.82, 2.24) is 14.3 Å². The normalized spacial score (nSPS) is 16.1. The van der Waals surface area contributed by atoms with Crippen molar-refractivity contribution in [2.45, 2.75) is 25.2 Å². The molecule has 0 aliphatic carbocycles. The van der Waals surface area contributed by atoms with E-state index in [2.05, 4.69) is 16.1 Å². The van der Waals surface area contributed by atoms with Crippen LogP contribution in [0.3, 0.4) is 0 Å². The first kappa shape index (κ1) is 29.2. The number of nitrogens with zero attached hydrogens (tertiary/aromatic N) is 3. The number of aromatic nitrogens is 2. The van der Waals surface area contributed by atoms with Crippen LogP contribution in [0.4, 0.5) is 26.3 Å². The first-order valence-electron chi connectivity index (χ1n) is 9.47. The van der Waals surface area contributed by atoms with Crippen LogP contribution in [-0.2, 0) is 25.8 Å². The Kier molecular flexibility index (Phi) is 10.3. The highest BCUT2D eigenvalue weighted by Crippen LogP contribution is 2.14. The Morgan fingerprint density at radius 3 is 1.91 bits per heavy atom. The van der Waals surface area contributed by atoms with Gasteiger partial charge in [-0.3, -0.25) is 0 Å². The molecule has 3 rings (SSSR count). The van der Waals surface area contributed by atoms with Crippen LogP contribution in [0.1, 0.15) is 12.1 Å². The van der Waals surface area contributed by atoms with E-state index in [4.69, 9.17) is 19.8 Å². The van der Waals surface area contributed by atoms with Gasteiger partial charge in [0.1, 0.15) is 5.65 Å². The van der Waals surface area contributed by atoms with E-state index in [9.17, 15) is 34.8 Å². The minimum absolute atomic E-state index is 0.307. The molecule has 1 aliphatic rings. The number of rotatable bonds is 4. The number of carboxylic acid groups (broad SMARTS) is 2. The molecule has 3 heterocycles. The molecule has 192 valence electrons. The number of hydrogen-bond acceptors (Lipinski definition) is 6. The Morgan fingerprint density at radius 1 is 0.971 bits per heavy atom. The number of alkyl halides is 6. The van der Waals surface area contributed by atoms with Gasteiger partial charge in [0.15, 0.2) is 9.84 Å². The summed E-state index contributed by atoms with van der Waals surface area (Å²) in [6, 6.07) is 5.98. The Labute approximate surface area is 189 Å². The summed E-state index contributed by atoms with van der Waals surface area (Å²) in [5.74, 6) is -4.90. The van der Waals surface area contributed by atoms with Crippen molar-refractivity contribution in [3.63, 3.8) is 0 Å². The van der Waals surface area contributed by atoms with Crippen LogP contribution in [0.2, 0.25) is 0 Å². The summed E-state index contributed by atoms with van der Waals surface area (Å²) in [6.07, 6.45) is -4.15. The number of aryl methyl sites for hydroxylation is 1. The van der Waals surface area contributed by atoms with Crippen molar-refractivity contribution in [2.24, 2.45) is 0 Å². The first-order valence-corrected chi connectivity index (χ1v) is 11.3. The summed E-state index contributed by atoms with van der Waals surface area (Å²) in [5.41, 5.74) is 2.08. The van der Waals surface area contributed by atoms with E-state index in [0.29, 0.717) is 24.6 Å². The summed E-state index contributed by atoms with van der Waals surface area (Å²) in [4.78, 5) is 24.6. The Hall–Kier alpha value is -2.88. The molecule has 2 aromatic heterocycles.